The third-order valence-corrected chi connectivity index (χ3v) is 9.83. The first-order valence-corrected chi connectivity index (χ1v) is 19.2. The summed E-state index contributed by atoms with van der Waals surface area (Å²) in [4.78, 5) is 22.8. The van der Waals surface area contributed by atoms with Gasteiger partial charge >= 0.3 is 34.1 Å². The van der Waals surface area contributed by atoms with Crippen LogP contribution in [0.1, 0.15) is 173 Å². The summed E-state index contributed by atoms with van der Waals surface area (Å²) in [5, 5.41) is 25.3. The van der Waals surface area contributed by atoms with Crippen molar-refractivity contribution < 1.29 is 53.9 Å². The zero-order chi connectivity index (χ0) is 40.0. The minimum absolute atomic E-state index is 0. The summed E-state index contributed by atoms with van der Waals surface area (Å²) >= 11 is 22.3. The van der Waals surface area contributed by atoms with Crippen molar-refractivity contribution in [3.05, 3.63) is 137 Å². The fourth-order valence-corrected chi connectivity index (χ4v) is 5.80. The minimum atomic E-state index is -1.06. The maximum Gasteiger partial charge on any atom is 1.00 e. The van der Waals surface area contributed by atoms with Gasteiger partial charge in [-0.2, -0.15) is 0 Å². The second-order valence-corrected chi connectivity index (χ2v) is 16.1. The van der Waals surface area contributed by atoms with E-state index in [9.17, 15) is 19.8 Å². The molecule has 4 nitrogen and oxygen atoms in total. The number of carbonyl (C=O) groups is 2. The smallest absolute Gasteiger partial charge is 0.545 e. The Labute approximate surface area is 365 Å². The minimum Gasteiger partial charge on any atom is -0.545 e. The van der Waals surface area contributed by atoms with E-state index < -0.39 is 11.9 Å². The van der Waals surface area contributed by atoms with Crippen molar-refractivity contribution in [2.75, 3.05) is 0 Å². The van der Waals surface area contributed by atoms with E-state index in [1.165, 1.54) is 11.1 Å². The number of hydrogen-bond acceptors (Lipinski definition) is 4. The van der Waals surface area contributed by atoms with Crippen LogP contribution in [0.4, 0.5) is 0 Å². The van der Waals surface area contributed by atoms with Gasteiger partial charge < -0.3 is 19.8 Å². The first kappa shape index (κ1) is 54.1. The van der Waals surface area contributed by atoms with Crippen molar-refractivity contribution in [3.63, 3.8) is 0 Å². The van der Waals surface area contributed by atoms with Gasteiger partial charge in [-0.15, -0.1) is 0 Å². The number of carboxylic acids is 2. The van der Waals surface area contributed by atoms with Gasteiger partial charge in [0.15, 0.2) is 0 Å². The molecule has 0 fully saturated rings. The van der Waals surface area contributed by atoms with Gasteiger partial charge in [-0.25, -0.2) is 0 Å². The molecule has 4 aromatic carbocycles. The third kappa shape index (κ3) is 17.0. The molecule has 0 heterocycles. The van der Waals surface area contributed by atoms with E-state index in [-0.39, 0.29) is 57.8 Å². The Morgan fingerprint density at radius 1 is 0.407 bits per heavy atom. The monoisotopic (exact) mass is 912 g/mol. The van der Waals surface area contributed by atoms with E-state index in [0.717, 1.165) is 22.3 Å². The van der Waals surface area contributed by atoms with E-state index in [1.54, 1.807) is 24.3 Å². The first-order chi connectivity index (χ1) is 24.1. The summed E-state index contributed by atoms with van der Waals surface area (Å²) < 4.78 is 0. The number of aromatic carboxylic acids is 2. The molecule has 0 aliphatic carbocycles. The Morgan fingerprint density at radius 3 is 0.704 bits per heavy atom. The molecule has 0 amide bonds. The Hall–Kier alpha value is -1.98. The van der Waals surface area contributed by atoms with E-state index in [1.807, 2.05) is 104 Å². The van der Waals surface area contributed by atoms with Crippen LogP contribution in [0, 0.1) is 0 Å². The van der Waals surface area contributed by atoms with Gasteiger partial charge in [-0.05, 0) is 93.2 Å². The van der Waals surface area contributed by atoms with Crippen molar-refractivity contribution in [2.24, 2.45) is 0 Å². The summed E-state index contributed by atoms with van der Waals surface area (Å²) in [5.74, 6) is -0.562. The molecule has 54 heavy (non-hydrogen) atoms. The maximum atomic E-state index is 11.4. The van der Waals surface area contributed by atoms with Gasteiger partial charge in [0.25, 0.3) is 0 Å². The molecule has 0 N–H and O–H groups in total. The SMILES string of the molecule is CC(C)c1cc(C(C)C)c(C(=O)[O-])c(C(C)C)c1.CC(C)c1cc(C(C)C)c(C(=O)[O-])c(C(C)C)c1.Clc1ccccc1Cl.Clc1ccccc1Cl.[Cu+].[Cu+]. The molecule has 4 aromatic rings. The van der Waals surface area contributed by atoms with Gasteiger partial charge in [-0.1, -0.05) is 178 Å². The number of carboxylic acid groups (broad SMARTS) is 2. The molecule has 0 spiro atoms. The number of halogens is 4. The van der Waals surface area contributed by atoms with Crippen molar-refractivity contribution in [3.8, 4) is 0 Å². The second kappa shape index (κ2) is 26.0. The fourth-order valence-electron chi connectivity index (χ4n) is 5.26. The first-order valence-electron chi connectivity index (χ1n) is 17.7. The summed E-state index contributed by atoms with van der Waals surface area (Å²) in [6.07, 6.45) is 0. The second-order valence-electron chi connectivity index (χ2n) is 14.5. The van der Waals surface area contributed by atoms with Crippen LogP contribution in [0.3, 0.4) is 0 Å². The van der Waals surface area contributed by atoms with Crippen LogP contribution in [0.5, 0.6) is 0 Å². The number of carbonyl (C=O) groups excluding carboxylic acids is 2. The number of hydrogen-bond donors (Lipinski definition) is 0. The van der Waals surface area contributed by atoms with Crippen LogP contribution in [-0.2, 0) is 34.1 Å². The van der Waals surface area contributed by atoms with Gasteiger partial charge in [0.05, 0.1) is 32.0 Å². The molecule has 0 aromatic heterocycles. The van der Waals surface area contributed by atoms with Crippen LogP contribution in [0.25, 0.3) is 0 Å². The van der Waals surface area contributed by atoms with E-state index in [4.69, 9.17) is 46.4 Å². The molecule has 0 radical (unpaired) electrons. The third-order valence-electron chi connectivity index (χ3n) is 8.32. The number of benzene rings is 4. The molecular formula is C44H54Cl4Cu2O4. The topological polar surface area (TPSA) is 80.3 Å². The van der Waals surface area contributed by atoms with Crippen molar-refractivity contribution in [2.45, 2.75) is 119 Å². The summed E-state index contributed by atoms with van der Waals surface area (Å²) in [5.41, 5.74) is 6.76. The summed E-state index contributed by atoms with van der Waals surface area (Å²) in [6, 6.07) is 22.5. The number of rotatable bonds is 8. The normalized spacial score (nSPS) is 10.5. The van der Waals surface area contributed by atoms with Crippen LogP contribution in [0.15, 0.2) is 72.8 Å². The molecule has 0 bridgehead atoms. The molecule has 10 heteroatoms. The Kier molecular flexibility index (Phi) is 26.1. The van der Waals surface area contributed by atoms with Crippen LogP contribution >= 0.6 is 46.4 Å². The Bertz CT molecular complexity index is 1540. The molecule has 0 saturated heterocycles. The molecule has 4 rings (SSSR count). The van der Waals surface area contributed by atoms with E-state index >= 15 is 0 Å². The molecule has 0 aliphatic heterocycles. The van der Waals surface area contributed by atoms with Gasteiger partial charge in [0, 0.05) is 11.1 Å². The predicted octanol–water partition coefficient (Wildman–Crippen LogP) is 12.8. The molecule has 0 unspecified atom stereocenters. The molecule has 0 atom stereocenters. The van der Waals surface area contributed by atoms with Crippen LogP contribution < -0.4 is 10.2 Å². The standard InChI is InChI=1S/2C16H24O2.2C6H4Cl2.2Cu/c2*1-9(2)12-7-13(10(3)4)15(16(17)18)14(8-12)11(5)6;2*7-5-3-1-2-4-6(5)8;;/h2*7-11H,1-6H3,(H,17,18);2*1-4H;;/q;;;;2*+1/p-2. The fraction of sp³-hybridized carbons (Fsp3) is 0.409. The average Bonchev–Trinajstić information content (AvgIpc) is 3.06. The zero-order valence-corrected chi connectivity index (χ0v) is 38.0. The summed E-state index contributed by atoms with van der Waals surface area (Å²) in [6.45, 7) is 24.7. The molecule has 304 valence electrons. The molecule has 0 saturated carbocycles. The largest absolute Gasteiger partial charge is 1.00 e. The van der Waals surface area contributed by atoms with E-state index in [2.05, 4.69) is 27.7 Å². The molecular weight excluding hydrogens is 861 g/mol. The van der Waals surface area contributed by atoms with Crippen LogP contribution in [-0.4, -0.2) is 11.9 Å². The average molecular weight is 916 g/mol. The Balaban J connectivity index is 0. The van der Waals surface area contributed by atoms with Gasteiger partial charge in [0.1, 0.15) is 0 Å². The van der Waals surface area contributed by atoms with Gasteiger partial charge in [0.2, 0.25) is 0 Å². The summed E-state index contributed by atoms with van der Waals surface area (Å²) in [7, 11) is 0. The quantitative estimate of drug-likeness (QED) is 0.165. The predicted molar refractivity (Wildman–Crippen MR) is 219 cm³/mol. The van der Waals surface area contributed by atoms with Gasteiger partial charge in [-0.3, -0.25) is 0 Å². The maximum absolute atomic E-state index is 11.4. The zero-order valence-electron chi connectivity index (χ0n) is 33.1. The molecule has 0 aliphatic rings. The van der Waals surface area contributed by atoms with Crippen LogP contribution in [0.2, 0.25) is 20.1 Å². The Morgan fingerprint density at radius 2 is 0.593 bits per heavy atom. The van der Waals surface area contributed by atoms with Crippen molar-refractivity contribution in [1.29, 1.82) is 0 Å². The van der Waals surface area contributed by atoms with Crippen molar-refractivity contribution in [1.82, 2.24) is 0 Å². The van der Waals surface area contributed by atoms with Crippen molar-refractivity contribution >= 4 is 58.3 Å². The van der Waals surface area contributed by atoms with E-state index in [0.29, 0.717) is 43.1 Å².